The molecule has 0 aliphatic carbocycles. The zero-order valence-electron chi connectivity index (χ0n) is 5.49. The Labute approximate surface area is 79.7 Å². The second-order valence-corrected chi connectivity index (χ2v) is 2.27. The van der Waals surface area contributed by atoms with E-state index in [0.717, 1.165) is 0 Å². The van der Waals surface area contributed by atoms with Crippen molar-refractivity contribution in [2.24, 2.45) is 0 Å². The fourth-order valence-electron chi connectivity index (χ4n) is 0.0680. The van der Waals surface area contributed by atoms with Crippen molar-refractivity contribution in [3.63, 3.8) is 0 Å². The summed E-state index contributed by atoms with van der Waals surface area (Å²) in [6.07, 6.45) is 2.62. The fraction of sp³-hybridized carbons (Fsp3) is 0. The van der Waals surface area contributed by atoms with Gasteiger partial charge in [-0.25, -0.2) is 0 Å². The molecular weight excluding hydrogens is 213 g/mol. The largest absolute Gasteiger partial charge is 0.474 e. The van der Waals surface area contributed by atoms with Crippen LogP contribution in [0.15, 0.2) is 35.5 Å². The van der Waals surface area contributed by atoms with Crippen LogP contribution in [0.4, 0.5) is 4.39 Å². The lowest BCUT2D eigenvalue weighted by molar-refractivity contribution is 0.406. The maximum atomic E-state index is 11.2. The third kappa shape index (κ3) is 17.7. The molecule has 5 heteroatoms. The van der Waals surface area contributed by atoms with Gasteiger partial charge in [-0.2, -0.15) is 4.39 Å². The molecule has 0 saturated carbocycles. The second-order valence-electron chi connectivity index (χ2n) is 0.990. The molecule has 0 aliphatic rings. The minimum atomic E-state index is -1.07. The molecule has 0 fully saturated rings. The van der Waals surface area contributed by atoms with Crippen molar-refractivity contribution in [1.82, 2.24) is 0 Å². The van der Waals surface area contributed by atoms with Gasteiger partial charge in [0.05, 0.1) is 12.5 Å². The van der Waals surface area contributed by atoms with E-state index in [1.54, 1.807) is 0 Å². The number of hydrogen-bond donors (Lipinski definition) is 0. The van der Waals surface area contributed by atoms with Gasteiger partial charge in [-0.3, -0.25) is 0 Å². The first-order valence-corrected chi connectivity index (χ1v) is 3.43. The highest BCUT2D eigenvalue weighted by Crippen LogP contribution is 2.17. The van der Waals surface area contributed by atoms with Gasteiger partial charge in [0, 0.05) is 0 Å². The molecule has 0 radical (unpaired) electrons. The van der Waals surface area contributed by atoms with Crippen molar-refractivity contribution >= 4 is 34.8 Å². The Morgan fingerprint density at radius 1 is 1.18 bits per heavy atom. The van der Waals surface area contributed by atoms with E-state index < -0.39 is 9.78 Å². The van der Waals surface area contributed by atoms with Crippen LogP contribution in [0.3, 0.4) is 0 Å². The van der Waals surface area contributed by atoms with E-state index >= 15 is 0 Å². The molecule has 0 atom stereocenters. The zero-order valence-corrected chi connectivity index (χ0v) is 7.76. The SMILES string of the molecule is C=COC=C.FC(Cl)=C(Cl)Cl. The van der Waals surface area contributed by atoms with Crippen LogP contribution < -0.4 is 0 Å². The van der Waals surface area contributed by atoms with Crippen molar-refractivity contribution in [3.05, 3.63) is 35.5 Å². The molecule has 0 heterocycles. The van der Waals surface area contributed by atoms with Gasteiger partial charge in [0.2, 0.25) is 5.29 Å². The lowest BCUT2D eigenvalue weighted by atomic mass is 11.1. The average molecular weight is 219 g/mol. The molecule has 0 spiro atoms. The van der Waals surface area contributed by atoms with Gasteiger partial charge in [0.15, 0.2) is 4.49 Å². The first-order chi connectivity index (χ1) is 5.06. The highest BCUT2D eigenvalue weighted by atomic mass is 35.5. The third-order valence-electron chi connectivity index (χ3n) is 0.335. The molecule has 64 valence electrons. The highest BCUT2D eigenvalue weighted by Gasteiger charge is 1.90. The summed E-state index contributed by atoms with van der Waals surface area (Å²) in [6.45, 7) is 6.51. The van der Waals surface area contributed by atoms with Gasteiger partial charge < -0.3 is 4.74 Å². The van der Waals surface area contributed by atoms with E-state index in [1.807, 2.05) is 0 Å². The molecule has 11 heavy (non-hydrogen) atoms. The number of hydrogen-bond acceptors (Lipinski definition) is 1. The topological polar surface area (TPSA) is 9.23 Å². The van der Waals surface area contributed by atoms with Crippen molar-refractivity contribution in [1.29, 1.82) is 0 Å². The van der Waals surface area contributed by atoms with Crippen molar-refractivity contribution in [2.45, 2.75) is 0 Å². The molecule has 0 unspecified atom stereocenters. The van der Waals surface area contributed by atoms with Gasteiger partial charge in [0.1, 0.15) is 0 Å². The normalized spacial score (nSPS) is 6.91. The molecule has 0 amide bonds. The Balaban J connectivity index is 0. The van der Waals surface area contributed by atoms with Gasteiger partial charge in [-0.15, -0.1) is 0 Å². The molecule has 0 N–H and O–H groups in total. The van der Waals surface area contributed by atoms with Crippen molar-refractivity contribution < 1.29 is 9.13 Å². The molecule has 0 aromatic rings. The summed E-state index contributed by atoms with van der Waals surface area (Å²) >= 11 is 14.1. The van der Waals surface area contributed by atoms with Crippen LogP contribution in [0, 0.1) is 0 Å². The standard InChI is InChI=1S/C4H6O.C2Cl3F/c1-3-5-4-2;3-1(4)2(5)6/h3-4H,1-2H2;. The van der Waals surface area contributed by atoms with Gasteiger partial charge in [0.25, 0.3) is 0 Å². The Hall–Kier alpha value is -0.180. The zero-order chi connectivity index (χ0) is 9.28. The van der Waals surface area contributed by atoms with E-state index in [9.17, 15) is 4.39 Å². The third-order valence-corrected chi connectivity index (χ3v) is 1.05. The molecule has 0 bridgehead atoms. The van der Waals surface area contributed by atoms with Crippen LogP contribution in [-0.2, 0) is 4.74 Å². The summed E-state index contributed by atoms with van der Waals surface area (Å²) in [5.74, 6) is 0. The minimum Gasteiger partial charge on any atom is -0.474 e. The number of rotatable bonds is 2. The molecule has 0 aromatic heterocycles. The summed E-state index contributed by atoms with van der Waals surface area (Å²) in [5.41, 5.74) is 0. The summed E-state index contributed by atoms with van der Waals surface area (Å²) in [4.78, 5) is 0. The molecular formula is C6H6Cl3FO. The van der Waals surface area contributed by atoms with Gasteiger partial charge >= 0.3 is 0 Å². The Kier molecular flexibility index (Phi) is 12.0. The van der Waals surface area contributed by atoms with E-state index in [1.165, 1.54) is 12.5 Å². The molecule has 1 nitrogen and oxygen atoms in total. The first-order valence-electron chi connectivity index (χ1n) is 2.29. The summed E-state index contributed by atoms with van der Waals surface area (Å²) in [5, 5.41) is -1.07. The predicted molar refractivity (Wildman–Crippen MR) is 47.2 cm³/mol. The van der Waals surface area contributed by atoms with E-state index in [2.05, 4.69) is 29.5 Å². The average Bonchev–Trinajstić information content (AvgIpc) is 1.90. The molecule has 0 rings (SSSR count). The van der Waals surface area contributed by atoms with Crippen LogP contribution in [0.5, 0.6) is 0 Å². The van der Waals surface area contributed by atoms with Crippen LogP contribution in [0.2, 0.25) is 0 Å². The first kappa shape index (κ1) is 13.4. The number of ether oxygens (including phenoxy) is 1. The lowest BCUT2D eigenvalue weighted by Crippen LogP contribution is -1.52. The van der Waals surface area contributed by atoms with Crippen LogP contribution >= 0.6 is 34.8 Å². The molecule has 0 aromatic carbocycles. The summed E-state index contributed by atoms with van der Waals surface area (Å²) < 4.78 is 15.0. The predicted octanol–water partition coefficient (Wildman–Crippen LogP) is 4.09. The van der Waals surface area contributed by atoms with Crippen LogP contribution in [0.1, 0.15) is 0 Å². The van der Waals surface area contributed by atoms with Crippen molar-refractivity contribution in [3.8, 4) is 0 Å². The lowest BCUT2D eigenvalue weighted by Gasteiger charge is -1.76. The smallest absolute Gasteiger partial charge is 0.219 e. The van der Waals surface area contributed by atoms with Crippen molar-refractivity contribution in [2.75, 3.05) is 0 Å². The Morgan fingerprint density at radius 3 is 1.45 bits per heavy atom. The quantitative estimate of drug-likeness (QED) is 0.636. The maximum Gasteiger partial charge on any atom is 0.219 e. The van der Waals surface area contributed by atoms with E-state index in [0.29, 0.717) is 0 Å². The molecule has 0 saturated heterocycles. The Morgan fingerprint density at radius 2 is 1.45 bits per heavy atom. The summed E-state index contributed by atoms with van der Waals surface area (Å²) in [7, 11) is 0. The maximum absolute atomic E-state index is 11.2. The van der Waals surface area contributed by atoms with Gasteiger partial charge in [-0.05, 0) is 11.6 Å². The monoisotopic (exact) mass is 218 g/mol. The van der Waals surface area contributed by atoms with Crippen LogP contribution in [0.25, 0.3) is 0 Å². The Bertz CT molecular complexity index is 132. The number of halogens is 4. The van der Waals surface area contributed by atoms with E-state index in [-0.39, 0.29) is 0 Å². The highest BCUT2D eigenvalue weighted by molar-refractivity contribution is 6.59. The summed E-state index contributed by atoms with van der Waals surface area (Å²) in [6, 6.07) is 0. The second kappa shape index (κ2) is 9.82. The van der Waals surface area contributed by atoms with E-state index in [4.69, 9.17) is 23.2 Å². The minimum absolute atomic E-state index is 0.531. The van der Waals surface area contributed by atoms with Gasteiger partial charge in [-0.1, -0.05) is 36.4 Å². The molecule has 0 aliphatic heterocycles. The fourth-order valence-corrected chi connectivity index (χ4v) is 0.0680. The van der Waals surface area contributed by atoms with Crippen LogP contribution in [-0.4, -0.2) is 0 Å².